The monoisotopic (exact) mass is 168 g/mol. The summed E-state index contributed by atoms with van der Waals surface area (Å²) in [4.78, 5) is 0. The van der Waals surface area contributed by atoms with Gasteiger partial charge in [-0.3, -0.25) is 0 Å². The Morgan fingerprint density at radius 1 is 1.09 bits per heavy atom. The van der Waals surface area contributed by atoms with Gasteiger partial charge in [-0.25, -0.2) is 0 Å². The zero-order valence-electron chi connectivity index (χ0n) is 8.33. The summed E-state index contributed by atoms with van der Waals surface area (Å²) < 4.78 is 0. The lowest BCUT2D eigenvalue weighted by Crippen LogP contribution is -2.30. The highest BCUT2D eigenvalue weighted by molar-refractivity contribution is 6.87. The van der Waals surface area contributed by atoms with E-state index in [-0.39, 0.29) is 0 Å². The molecule has 0 aromatic rings. The van der Waals surface area contributed by atoms with Crippen LogP contribution in [0.5, 0.6) is 0 Å². The molecule has 0 N–H and O–H groups in total. The summed E-state index contributed by atoms with van der Waals surface area (Å²) in [5.41, 5.74) is 3.49. The third-order valence-electron chi connectivity index (χ3n) is 2.47. The van der Waals surface area contributed by atoms with Crippen molar-refractivity contribution in [3.05, 3.63) is 0 Å². The van der Waals surface area contributed by atoms with Gasteiger partial charge >= 0.3 is 0 Å². The molecule has 0 spiro atoms. The number of hydrogen-bond acceptors (Lipinski definition) is 0. The summed E-state index contributed by atoms with van der Waals surface area (Å²) >= 11 is 0. The molecule has 0 aliphatic carbocycles. The SMILES string of the molecule is CC#C[Si](CC)(CC)CCC. The second kappa shape index (κ2) is 5.43. The molecule has 0 amide bonds. The van der Waals surface area contributed by atoms with Crippen molar-refractivity contribution in [1.29, 1.82) is 0 Å². The first-order valence-electron chi connectivity index (χ1n) is 4.68. The minimum absolute atomic E-state index is 1.10. The first-order chi connectivity index (χ1) is 5.24. The summed E-state index contributed by atoms with van der Waals surface area (Å²) in [5, 5.41) is 0. The Bertz CT molecular complexity index is 146. The van der Waals surface area contributed by atoms with Crippen LogP contribution in [0.4, 0.5) is 0 Å². The van der Waals surface area contributed by atoms with Crippen LogP contribution in [-0.2, 0) is 0 Å². The van der Waals surface area contributed by atoms with Crippen LogP contribution in [0.1, 0.15) is 34.1 Å². The van der Waals surface area contributed by atoms with Crippen LogP contribution in [0.2, 0.25) is 18.1 Å². The van der Waals surface area contributed by atoms with Gasteiger partial charge in [0.05, 0.1) is 0 Å². The molecular formula is C10H20Si. The molecule has 0 rings (SSSR count). The molecule has 11 heavy (non-hydrogen) atoms. The minimum Gasteiger partial charge on any atom is -0.131 e. The zero-order valence-corrected chi connectivity index (χ0v) is 9.33. The van der Waals surface area contributed by atoms with E-state index in [0.717, 1.165) is 0 Å². The van der Waals surface area contributed by atoms with Crippen LogP contribution < -0.4 is 0 Å². The van der Waals surface area contributed by atoms with E-state index in [9.17, 15) is 0 Å². The van der Waals surface area contributed by atoms with Crippen molar-refractivity contribution in [2.24, 2.45) is 0 Å². The van der Waals surface area contributed by atoms with Gasteiger partial charge < -0.3 is 0 Å². The first-order valence-corrected chi connectivity index (χ1v) is 7.30. The van der Waals surface area contributed by atoms with E-state index in [2.05, 4.69) is 32.2 Å². The van der Waals surface area contributed by atoms with Gasteiger partial charge in [-0.05, 0) is 25.1 Å². The minimum atomic E-state index is -1.10. The average Bonchev–Trinajstić information content (AvgIpc) is 2.04. The van der Waals surface area contributed by atoms with E-state index in [0.29, 0.717) is 0 Å². The molecule has 64 valence electrons. The van der Waals surface area contributed by atoms with Crippen molar-refractivity contribution in [1.82, 2.24) is 0 Å². The molecule has 0 bridgehead atoms. The predicted molar refractivity (Wildman–Crippen MR) is 55.3 cm³/mol. The first kappa shape index (κ1) is 10.8. The smallest absolute Gasteiger partial charge is 0.131 e. The molecule has 0 atom stereocenters. The molecule has 0 nitrogen and oxygen atoms in total. The van der Waals surface area contributed by atoms with Gasteiger partial charge in [0.25, 0.3) is 0 Å². The van der Waals surface area contributed by atoms with Crippen molar-refractivity contribution < 1.29 is 0 Å². The fraction of sp³-hybridized carbons (Fsp3) is 0.800. The molecular weight excluding hydrogens is 148 g/mol. The second-order valence-corrected chi connectivity index (χ2v) is 7.84. The van der Waals surface area contributed by atoms with E-state index in [1.54, 1.807) is 0 Å². The van der Waals surface area contributed by atoms with Crippen LogP contribution in [0.3, 0.4) is 0 Å². The van der Waals surface area contributed by atoms with Crippen molar-refractivity contribution in [2.45, 2.75) is 52.2 Å². The molecule has 0 radical (unpaired) electrons. The molecule has 0 aromatic carbocycles. The quantitative estimate of drug-likeness (QED) is 0.445. The Morgan fingerprint density at radius 3 is 1.91 bits per heavy atom. The van der Waals surface area contributed by atoms with Gasteiger partial charge in [0, 0.05) is 0 Å². The lowest BCUT2D eigenvalue weighted by atomic mass is 10.6. The molecule has 0 aliphatic rings. The molecule has 1 heteroatoms. The van der Waals surface area contributed by atoms with Crippen molar-refractivity contribution in [3.8, 4) is 11.5 Å². The van der Waals surface area contributed by atoms with Gasteiger partial charge in [0.2, 0.25) is 0 Å². The third-order valence-corrected chi connectivity index (χ3v) is 7.42. The van der Waals surface area contributed by atoms with E-state index < -0.39 is 8.07 Å². The van der Waals surface area contributed by atoms with Crippen molar-refractivity contribution >= 4 is 8.07 Å². The summed E-state index contributed by atoms with van der Waals surface area (Å²) in [6, 6.07) is 4.05. The Balaban J connectivity index is 4.28. The maximum absolute atomic E-state index is 3.49. The summed E-state index contributed by atoms with van der Waals surface area (Å²) in [6.45, 7) is 8.85. The molecule has 0 heterocycles. The third kappa shape index (κ3) is 3.12. The predicted octanol–water partition coefficient (Wildman–Crippen LogP) is 3.45. The van der Waals surface area contributed by atoms with E-state index >= 15 is 0 Å². The average molecular weight is 168 g/mol. The van der Waals surface area contributed by atoms with E-state index in [1.165, 1.54) is 24.6 Å². The van der Waals surface area contributed by atoms with Crippen molar-refractivity contribution in [3.63, 3.8) is 0 Å². The fourth-order valence-electron chi connectivity index (χ4n) is 1.59. The zero-order chi connectivity index (χ0) is 8.74. The van der Waals surface area contributed by atoms with Crippen molar-refractivity contribution in [2.75, 3.05) is 0 Å². The highest BCUT2D eigenvalue weighted by Gasteiger charge is 2.25. The fourth-order valence-corrected chi connectivity index (χ4v) is 4.76. The largest absolute Gasteiger partial charge is 0.137 e. The normalized spacial score (nSPS) is 10.5. The molecule has 0 aliphatic heterocycles. The lowest BCUT2D eigenvalue weighted by Gasteiger charge is -2.21. The van der Waals surface area contributed by atoms with Crippen LogP contribution in [-0.4, -0.2) is 8.07 Å². The van der Waals surface area contributed by atoms with Gasteiger partial charge in [-0.15, -0.1) is 11.5 Å². The Kier molecular flexibility index (Phi) is 5.32. The van der Waals surface area contributed by atoms with Gasteiger partial charge in [0.1, 0.15) is 8.07 Å². The summed E-state index contributed by atoms with van der Waals surface area (Å²) in [7, 11) is -1.10. The number of hydrogen-bond donors (Lipinski definition) is 0. The Hall–Kier alpha value is -0.223. The van der Waals surface area contributed by atoms with Crippen LogP contribution in [0.25, 0.3) is 0 Å². The van der Waals surface area contributed by atoms with Crippen LogP contribution in [0, 0.1) is 11.5 Å². The second-order valence-electron chi connectivity index (χ2n) is 3.11. The standard InChI is InChI=1S/C10H20Si/c1-5-9-11(7-3,8-4)10-6-2/h5,7-9H2,1-4H3. The maximum Gasteiger partial charge on any atom is 0.137 e. The van der Waals surface area contributed by atoms with Gasteiger partial charge in [-0.2, -0.15) is 0 Å². The molecule has 0 fully saturated rings. The summed E-state index contributed by atoms with van der Waals surface area (Å²) in [5.74, 6) is 3.11. The van der Waals surface area contributed by atoms with Gasteiger partial charge in [-0.1, -0.05) is 27.2 Å². The molecule has 0 saturated heterocycles. The van der Waals surface area contributed by atoms with E-state index in [1.807, 2.05) is 6.92 Å². The highest BCUT2D eigenvalue weighted by Crippen LogP contribution is 2.20. The molecule has 0 aromatic heterocycles. The highest BCUT2D eigenvalue weighted by atomic mass is 28.3. The Morgan fingerprint density at radius 2 is 1.64 bits per heavy atom. The van der Waals surface area contributed by atoms with E-state index in [4.69, 9.17) is 0 Å². The van der Waals surface area contributed by atoms with Crippen LogP contribution in [0.15, 0.2) is 0 Å². The number of rotatable bonds is 4. The topological polar surface area (TPSA) is 0 Å². The molecule has 0 saturated carbocycles. The maximum atomic E-state index is 3.49. The summed E-state index contributed by atoms with van der Waals surface area (Å²) in [6.07, 6.45) is 1.31. The lowest BCUT2D eigenvalue weighted by molar-refractivity contribution is 1.02. The Labute approximate surface area is 72.4 Å². The molecule has 0 unspecified atom stereocenters. The van der Waals surface area contributed by atoms with Crippen LogP contribution >= 0.6 is 0 Å². The van der Waals surface area contributed by atoms with Gasteiger partial charge in [0.15, 0.2) is 0 Å².